The molecule has 5 rings (SSSR count). The Morgan fingerprint density at radius 1 is 1.04 bits per heavy atom. The van der Waals surface area contributed by atoms with E-state index in [1.165, 1.54) is 12.7 Å². The summed E-state index contributed by atoms with van der Waals surface area (Å²) < 4.78 is 36.6. The summed E-state index contributed by atoms with van der Waals surface area (Å²) >= 11 is 0. The molecule has 0 saturated carbocycles. The molecule has 0 aliphatic carbocycles. The van der Waals surface area contributed by atoms with Gasteiger partial charge in [-0.3, -0.25) is 4.72 Å². The lowest BCUT2D eigenvalue weighted by Crippen LogP contribution is -2.16. The number of benzene rings is 3. The molecule has 0 unspecified atom stereocenters. The highest BCUT2D eigenvalue weighted by atomic mass is 32.2. The van der Waals surface area contributed by atoms with E-state index in [0.717, 1.165) is 52.3 Å². The Labute approximate surface area is 271 Å². The minimum Gasteiger partial charge on any atom is -0.492 e. The van der Waals surface area contributed by atoms with Crippen LogP contribution in [0.1, 0.15) is 55.8 Å². The van der Waals surface area contributed by atoms with Crippen molar-refractivity contribution in [3.8, 4) is 22.8 Å². The van der Waals surface area contributed by atoms with Crippen molar-refractivity contribution in [1.29, 1.82) is 0 Å². The standard InChI is InChI=1S/C35H41N7O3S/c1-9-33-36-20-32(41(33)21-25-13-11-10-12-14-25)30-22-42(40-38-30)31-17-26(16-15-23(31)2)24(3)37-28-18-27(35(4,5)6)19-29(34(28)45-7)39-46(8,43)44/h10-20,22,37,39H,3,9,21H2,1-2,4-8H3. The lowest BCUT2D eigenvalue weighted by Gasteiger charge is -2.24. The zero-order valence-corrected chi connectivity index (χ0v) is 28.2. The summed E-state index contributed by atoms with van der Waals surface area (Å²) in [6, 6.07) is 20.0. The summed E-state index contributed by atoms with van der Waals surface area (Å²) in [4.78, 5) is 4.66. The molecule has 0 aliphatic rings. The van der Waals surface area contributed by atoms with Gasteiger partial charge in [-0.25, -0.2) is 18.1 Å². The van der Waals surface area contributed by atoms with Gasteiger partial charge in [-0.15, -0.1) is 5.10 Å². The van der Waals surface area contributed by atoms with Crippen molar-refractivity contribution in [2.45, 2.75) is 53.0 Å². The molecule has 0 radical (unpaired) electrons. The van der Waals surface area contributed by atoms with Gasteiger partial charge in [0.05, 0.1) is 48.5 Å². The number of hydrogen-bond acceptors (Lipinski definition) is 7. The van der Waals surface area contributed by atoms with Crippen molar-refractivity contribution in [3.05, 3.63) is 108 Å². The molecule has 0 atom stereocenters. The van der Waals surface area contributed by atoms with Crippen molar-refractivity contribution >= 4 is 27.1 Å². The van der Waals surface area contributed by atoms with E-state index in [1.807, 2.05) is 61.8 Å². The number of hydrogen-bond donors (Lipinski definition) is 2. The summed E-state index contributed by atoms with van der Waals surface area (Å²) in [6.45, 7) is 15.3. The van der Waals surface area contributed by atoms with Gasteiger partial charge in [0, 0.05) is 18.7 Å². The smallest absolute Gasteiger partial charge is 0.229 e. The lowest BCUT2D eigenvalue weighted by molar-refractivity contribution is 0.418. The molecule has 10 nitrogen and oxygen atoms in total. The molecular formula is C35H41N7O3S. The Hall–Kier alpha value is -4.90. The second-order valence-corrected chi connectivity index (χ2v) is 14.1. The Bertz CT molecular complexity index is 1990. The fourth-order valence-corrected chi connectivity index (χ4v) is 5.82. The largest absolute Gasteiger partial charge is 0.492 e. The molecule has 0 aliphatic heterocycles. The van der Waals surface area contributed by atoms with E-state index in [9.17, 15) is 8.42 Å². The van der Waals surface area contributed by atoms with Crippen molar-refractivity contribution in [2.24, 2.45) is 0 Å². The van der Waals surface area contributed by atoms with Crippen LogP contribution in [0.15, 0.2) is 79.6 Å². The summed E-state index contributed by atoms with van der Waals surface area (Å²) in [5.41, 5.74) is 7.69. The quantitative estimate of drug-likeness (QED) is 0.163. The Morgan fingerprint density at radius 3 is 2.41 bits per heavy atom. The van der Waals surface area contributed by atoms with Crippen molar-refractivity contribution < 1.29 is 13.2 Å². The molecule has 0 fully saturated rings. The minimum atomic E-state index is -3.55. The van der Waals surface area contributed by atoms with Crippen molar-refractivity contribution in [3.63, 3.8) is 0 Å². The normalized spacial score (nSPS) is 11.8. The van der Waals surface area contributed by atoms with E-state index < -0.39 is 10.0 Å². The molecule has 0 saturated heterocycles. The number of nitrogens with one attached hydrogen (secondary N) is 2. The zero-order chi connectivity index (χ0) is 33.2. The number of sulfonamides is 1. The highest BCUT2D eigenvalue weighted by molar-refractivity contribution is 7.92. The van der Waals surface area contributed by atoms with Crippen molar-refractivity contribution in [2.75, 3.05) is 23.4 Å². The molecule has 3 aromatic carbocycles. The SMILES string of the molecule is C=C(Nc1cc(C(C)(C)C)cc(NS(C)(=O)=O)c1OC)c1ccc(C)c(-n2cc(-c3cnc(CC)n3Cc3ccccc3)nn2)c1. The van der Waals surface area contributed by atoms with E-state index in [-0.39, 0.29) is 5.41 Å². The molecule has 0 amide bonds. The summed E-state index contributed by atoms with van der Waals surface area (Å²) in [6.07, 6.45) is 5.69. The maximum atomic E-state index is 12.2. The first-order chi connectivity index (χ1) is 21.8. The highest BCUT2D eigenvalue weighted by Gasteiger charge is 2.22. The average Bonchev–Trinajstić information content (AvgIpc) is 3.63. The van der Waals surface area contributed by atoms with Gasteiger partial charge in [-0.2, -0.15) is 0 Å². The molecular weight excluding hydrogens is 598 g/mol. The van der Waals surface area contributed by atoms with Gasteiger partial charge in [-0.1, -0.05) is 82.0 Å². The Balaban J connectivity index is 1.47. The lowest BCUT2D eigenvalue weighted by atomic mass is 9.86. The van der Waals surface area contributed by atoms with Crippen LogP contribution in [-0.4, -0.2) is 46.3 Å². The number of ether oxygens (including phenoxy) is 1. The molecule has 5 aromatic rings. The van der Waals surface area contributed by atoms with Crippen LogP contribution in [-0.2, 0) is 28.4 Å². The fourth-order valence-electron chi connectivity index (χ4n) is 5.27. The van der Waals surface area contributed by atoms with Crippen LogP contribution in [0, 0.1) is 6.92 Å². The topological polar surface area (TPSA) is 116 Å². The van der Waals surface area contributed by atoms with Gasteiger partial charge in [-0.05, 0) is 52.8 Å². The predicted molar refractivity (Wildman–Crippen MR) is 185 cm³/mol. The van der Waals surface area contributed by atoms with Crippen LogP contribution < -0.4 is 14.8 Å². The number of imidazole rings is 1. The second-order valence-electron chi connectivity index (χ2n) is 12.4. The number of aryl methyl sites for hydroxylation is 2. The number of anilines is 2. The number of aromatic nitrogens is 5. The molecule has 11 heteroatoms. The maximum Gasteiger partial charge on any atom is 0.229 e. The number of methoxy groups -OCH3 is 1. The Morgan fingerprint density at radius 2 is 1.76 bits per heavy atom. The van der Waals surface area contributed by atoms with Crippen LogP contribution in [0.2, 0.25) is 0 Å². The van der Waals surface area contributed by atoms with E-state index in [2.05, 4.69) is 76.3 Å². The van der Waals surface area contributed by atoms with E-state index in [1.54, 1.807) is 10.7 Å². The molecule has 2 heterocycles. The Kier molecular flexibility index (Phi) is 9.07. The van der Waals surface area contributed by atoms with E-state index >= 15 is 0 Å². The fraction of sp³-hybridized carbons (Fsp3) is 0.286. The maximum absolute atomic E-state index is 12.2. The third-order valence-electron chi connectivity index (χ3n) is 7.74. The zero-order valence-electron chi connectivity index (χ0n) is 27.4. The molecule has 0 spiro atoms. The van der Waals surface area contributed by atoms with Gasteiger partial charge in [0.2, 0.25) is 10.0 Å². The molecule has 0 bridgehead atoms. The van der Waals surface area contributed by atoms with Gasteiger partial charge in [0.1, 0.15) is 11.5 Å². The monoisotopic (exact) mass is 639 g/mol. The summed E-state index contributed by atoms with van der Waals surface area (Å²) in [5, 5.41) is 12.4. The molecule has 2 N–H and O–H groups in total. The van der Waals surface area contributed by atoms with Crippen molar-refractivity contribution in [1.82, 2.24) is 24.5 Å². The van der Waals surface area contributed by atoms with Crippen LogP contribution in [0.5, 0.6) is 5.75 Å². The third kappa shape index (κ3) is 7.15. The summed E-state index contributed by atoms with van der Waals surface area (Å²) in [7, 11) is -2.04. The number of nitrogens with zero attached hydrogens (tertiary/aromatic N) is 5. The van der Waals surface area contributed by atoms with Gasteiger partial charge in [0.25, 0.3) is 0 Å². The van der Waals surface area contributed by atoms with Gasteiger partial charge < -0.3 is 14.6 Å². The predicted octanol–water partition coefficient (Wildman–Crippen LogP) is 6.81. The third-order valence-corrected chi connectivity index (χ3v) is 8.33. The number of rotatable bonds is 11. The highest BCUT2D eigenvalue weighted by Crippen LogP contribution is 2.40. The minimum absolute atomic E-state index is 0.256. The molecule has 2 aromatic heterocycles. The molecule has 240 valence electrons. The summed E-state index contributed by atoms with van der Waals surface area (Å²) in [5.74, 6) is 1.35. The van der Waals surface area contributed by atoms with E-state index in [4.69, 9.17) is 4.74 Å². The molecule has 46 heavy (non-hydrogen) atoms. The van der Waals surface area contributed by atoms with Crippen LogP contribution in [0.4, 0.5) is 11.4 Å². The van der Waals surface area contributed by atoms with Gasteiger partial charge in [0.15, 0.2) is 5.75 Å². The van der Waals surface area contributed by atoms with Crippen LogP contribution >= 0.6 is 0 Å². The average molecular weight is 640 g/mol. The van der Waals surface area contributed by atoms with Gasteiger partial charge >= 0.3 is 0 Å². The first-order valence-electron chi connectivity index (χ1n) is 15.1. The van der Waals surface area contributed by atoms with Crippen LogP contribution in [0.25, 0.3) is 22.8 Å². The van der Waals surface area contributed by atoms with Crippen LogP contribution in [0.3, 0.4) is 0 Å². The van der Waals surface area contributed by atoms with E-state index in [0.29, 0.717) is 29.4 Å². The second kappa shape index (κ2) is 12.8. The first kappa shape index (κ1) is 32.5. The first-order valence-corrected chi connectivity index (χ1v) is 16.9.